The van der Waals surface area contributed by atoms with Gasteiger partial charge in [0.15, 0.2) is 0 Å². The second-order valence-electron chi connectivity index (χ2n) is 4.60. The smallest absolute Gasteiger partial charge is 0.128 e. The lowest BCUT2D eigenvalue weighted by Crippen LogP contribution is -2.04. The first kappa shape index (κ1) is 13.6. The highest BCUT2D eigenvalue weighted by atomic mass is 16.5. The minimum absolute atomic E-state index is 0.614. The van der Waals surface area contributed by atoms with Crippen LogP contribution in [0.4, 0.5) is 0 Å². The molecular weight excluding hydrogens is 238 g/mol. The molecule has 4 heteroatoms. The molecule has 0 bridgehead atoms. The molecule has 0 aliphatic rings. The Bertz CT molecular complexity index is 561. The number of aromatic nitrogens is 2. The minimum Gasteiger partial charge on any atom is -0.496 e. The van der Waals surface area contributed by atoms with E-state index in [4.69, 9.17) is 10.5 Å². The van der Waals surface area contributed by atoms with Gasteiger partial charge in [-0.25, -0.2) is 0 Å². The van der Waals surface area contributed by atoms with Gasteiger partial charge in [-0.1, -0.05) is 13.0 Å². The molecule has 1 aromatic carbocycles. The summed E-state index contributed by atoms with van der Waals surface area (Å²) in [5.74, 6) is 0.849. The Balaban J connectivity index is 2.56. The zero-order chi connectivity index (χ0) is 13.8. The lowest BCUT2D eigenvalue weighted by Gasteiger charge is -2.10. The second kappa shape index (κ2) is 5.89. The summed E-state index contributed by atoms with van der Waals surface area (Å²) in [5.41, 5.74) is 11.2. The van der Waals surface area contributed by atoms with Gasteiger partial charge in [-0.05, 0) is 44.0 Å². The summed E-state index contributed by atoms with van der Waals surface area (Å²) in [6, 6.07) is 6.24. The Hall–Kier alpha value is -1.81. The third kappa shape index (κ3) is 2.63. The van der Waals surface area contributed by atoms with Gasteiger partial charge in [0.25, 0.3) is 0 Å². The maximum absolute atomic E-state index is 5.69. The predicted molar refractivity (Wildman–Crippen MR) is 77.4 cm³/mol. The number of rotatable bonds is 5. The fourth-order valence-corrected chi connectivity index (χ4v) is 2.29. The largest absolute Gasteiger partial charge is 0.496 e. The number of benzene rings is 1. The number of hydrogen-bond donors (Lipinski definition) is 2. The fraction of sp³-hybridized carbons (Fsp3) is 0.400. The van der Waals surface area contributed by atoms with Crippen LogP contribution in [0.5, 0.6) is 5.75 Å². The molecule has 1 heterocycles. The highest BCUT2D eigenvalue weighted by molar-refractivity contribution is 5.71. The molecule has 0 atom stereocenters. The van der Waals surface area contributed by atoms with Crippen molar-refractivity contribution in [3.05, 3.63) is 35.0 Å². The summed E-state index contributed by atoms with van der Waals surface area (Å²) >= 11 is 0. The van der Waals surface area contributed by atoms with E-state index in [1.165, 1.54) is 11.1 Å². The molecule has 0 saturated carbocycles. The van der Waals surface area contributed by atoms with Crippen LogP contribution >= 0.6 is 0 Å². The molecule has 4 nitrogen and oxygen atoms in total. The molecule has 1 aromatic heterocycles. The van der Waals surface area contributed by atoms with E-state index in [0.29, 0.717) is 6.54 Å². The number of H-pyrrole nitrogens is 1. The van der Waals surface area contributed by atoms with Crippen molar-refractivity contribution >= 4 is 0 Å². The third-order valence-electron chi connectivity index (χ3n) is 3.40. The van der Waals surface area contributed by atoms with E-state index in [-0.39, 0.29) is 0 Å². The molecule has 0 unspecified atom stereocenters. The number of nitrogens with one attached hydrogen (secondary N) is 1. The van der Waals surface area contributed by atoms with E-state index in [9.17, 15) is 0 Å². The van der Waals surface area contributed by atoms with Gasteiger partial charge in [-0.15, -0.1) is 0 Å². The molecule has 0 aliphatic carbocycles. The highest BCUT2D eigenvalue weighted by Gasteiger charge is 2.15. The standard InChI is InChI=1S/C15H21N3O/c1-4-11-5-6-14(19-3)13(9-11)15-12(7-8-16)10(2)17-18-15/h5-6,9H,4,7-8,16H2,1-3H3,(H,17,18). The van der Waals surface area contributed by atoms with Crippen LogP contribution in [-0.2, 0) is 12.8 Å². The molecule has 0 fully saturated rings. The van der Waals surface area contributed by atoms with Crippen LogP contribution in [-0.4, -0.2) is 23.9 Å². The van der Waals surface area contributed by atoms with Crippen molar-refractivity contribution < 1.29 is 4.74 Å². The van der Waals surface area contributed by atoms with E-state index in [1.54, 1.807) is 7.11 Å². The first-order valence-corrected chi connectivity index (χ1v) is 6.62. The summed E-state index contributed by atoms with van der Waals surface area (Å²) < 4.78 is 5.46. The Morgan fingerprint density at radius 3 is 2.79 bits per heavy atom. The SMILES string of the molecule is CCc1ccc(OC)c(-c2n[nH]c(C)c2CCN)c1. The van der Waals surface area contributed by atoms with Crippen LogP contribution in [0.2, 0.25) is 0 Å². The van der Waals surface area contributed by atoms with Gasteiger partial charge in [-0.3, -0.25) is 5.10 Å². The number of methoxy groups -OCH3 is 1. The van der Waals surface area contributed by atoms with Crippen molar-refractivity contribution in [3.8, 4) is 17.0 Å². The minimum atomic E-state index is 0.614. The molecule has 19 heavy (non-hydrogen) atoms. The normalized spacial score (nSPS) is 10.7. The monoisotopic (exact) mass is 259 g/mol. The molecule has 102 valence electrons. The summed E-state index contributed by atoms with van der Waals surface area (Å²) in [5, 5.41) is 7.48. The maximum Gasteiger partial charge on any atom is 0.128 e. The lowest BCUT2D eigenvalue weighted by atomic mass is 10.00. The topological polar surface area (TPSA) is 63.9 Å². The zero-order valence-corrected chi connectivity index (χ0v) is 11.8. The molecule has 0 radical (unpaired) electrons. The molecule has 3 N–H and O–H groups in total. The van der Waals surface area contributed by atoms with Gasteiger partial charge in [0, 0.05) is 16.8 Å². The van der Waals surface area contributed by atoms with E-state index < -0.39 is 0 Å². The first-order valence-electron chi connectivity index (χ1n) is 6.62. The van der Waals surface area contributed by atoms with Gasteiger partial charge < -0.3 is 10.5 Å². The van der Waals surface area contributed by atoms with Crippen LogP contribution in [0.1, 0.15) is 23.7 Å². The van der Waals surface area contributed by atoms with Crippen molar-refractivity contribution in [1.82, 2.24) is 10.2 Å². The van der Waals surface area contributed by atoms with Gasteiger partial charge in [0.05, 0.1) is 12.8 Å². The highest BCUT2D eigenvalue weighted by Crippen LogP contribution is 2.33. The van der Waals surface area contributed by atoms with E-state index >= 15 is 0 Å². The number of hydrogen-bond acceptors (Lipinski definition) is 3. The van der Waals surface area contributed by atoms with Crippen molar-refractivity contribution in [2.75, 3.05) is 13.7 Å². The van der Waals surface area contributed by atoms with Gasteiger partial charge in [-0.2, -0.15) is 5.10 Å². The Kier molecular flexibility index (Phi) is 4.22. The Morgan fingerprint density at radius 1 is 1.37 bits per heavy atom. The van der Waals surface area contributed by atoms with Crippen molar-refractivity contribution in [2.45, 2.75) is 26.7 Å². The van der Waals surface area contributed by atoms with Crippen molar-refractivity contribution in [3.63, 3.8) is 0 Å². The van der Waals surface area contributed by atoms with Crippen molar-refractivity contribution in [2.24, 2.45) is 5.73 Å². The number of aryl methyl sites for hydroxylation is 2. The molecule has 0 saturated heterocycles. The second-order valence-corrected chi connectivity index (χ2v) is 4.60. The van der Waals surface area contributed by atoms with E-state index in [1.807, 2.05) is 13.0 Å². The summed E-state index contributed by atoms with van der Waals surface area (Å²) in [4.78, 5) is 0. The number of aromatic amines is 1. The van der Waals surface area contributed by atoms with Gasteiger partial charge in [0.2, 0.25) is 0 Å². The van der Waals surface area contributed by atoms with Gasteiger partial charge >= 0.3 is 0 Å². The van der Waals surface area contributed by atoms with E-state index in [2.05, 4.69) is 29.3 Å². The van der Waals surface area contributed by atoms with Crippen LogP contribution in [0, 0.1) is 6.92 Å². The quantitative estimate of drug-likeness (QED) is 0.867. The Labute approximate surface area is 114 Å². The van der Waals surface area contributed by atoms with Crippen LogP contribution < -0.4 is 10.5 Å². The average molecular weight is 259 g/mol. The fourth-order valence-electron chi connectivity index (χ4n) is 2.29. The molecule has 0 amide bonds. The Morgan fingerprint density at radius 2 is 2.16 bits per heavy atom. The van der Waals surface area contributed by atoms with Crippen LogP contribution in [0.15, 0.2) is 18.2 Å². The molecule has 2 aromatic rings. The third-order valence-corrected chi connectivity index (χ3v) is 3.40. The number of ether oxygens (including phenoxy) is 1. The summed E-state index contributed by atoms with van der Waals surface area (Å²) in [7, 11) is 1.69. The molecular formula is C15H21N3O. The molecule has 0 spiro atoms. The summed E-state index contributed by atoms with van der Waals surface area (Å²) in [6.07, 6.45) is 1.81. The van der Waals surface area contributed by atoms with Gasteiger partial charge in [0.1, 0.15) is 5.75 Å². The lowest BCUT2D eigenvalue weighted by molar-refractivity contribution is 0.416. The van der Waals surface area contributed by atoms with Crippen LogP contribution in [0.25, 0.3) is 11.3 Å². The van der Waals surface area contributed by atoms with Crippen LogP contribution in [0.3, 0.4) is 0 Å². The average Bonchev–Trinajstić information content (AvgIpc) is 2.80. The molecule has 0 aliphatic heterocycles. The molecule has 2 rings (SSSR count). The zero-order valence-electron chi connectivity index (χ0n) is 11.8. The number of nitrogens with two attached hydrogens (primary N) is 1. The predicted octanol–water partition coefficient (Wildman–Crippen LogP) is 2.46. The van der Waals surface area contributed by atoms with E-state index in [0.717, 1.165) is 35.5 Å². The maximum atomic E-state index is 5.69. The summed E-state index contributed by atoms with van der Waals surface area (Å²) in [6.45, 7) is 4.78. The van der Waals surface area contributed by atoms with Crippen molar-refractivity contribution in [1.29, 1.82) is 0 Å². The first-order chi connectivity index (χ1) is 9.21. The number of nitrogens with zero attached hydrogens (tertiary/aromatic N) is 1.